The molecule has 1 aliphatic heterocycles. The van der Waals surface area contributed by atoms with Crippen molar-refractivity contribution < 1.29 is 27.4 Å². The number of nitrogens with zero attached hydrogens (tertiary/aromatic N) is 6. The van der Waals surface area contributed by atoms with Gasteiger partial charge in [0.25, 0.3) is 0 Å². The molecule has 12 nitrogen and oxygen atoms in total. The fourth-order valence-corrected chi connectivity index (χ4v) is 7.29. The minimum absolute atomic E-state index is 0.0825. The number of pyridine rings is 1. The molecule has 1 unspecified atom stereocenters. The molecule has 0 spiro atoms. The van der Waals surface area contributed by atoms with Crippen molar-refractivity contribution in [2.24, 2.45) is 7.05 Å². The molecule has 53 heavy (non-hydrogen) atoms. The molecule has 1 saturated heterocycles. The highest BCUT2D eigenvalue weighted by Gasteiger charge is 2.28. The average Bonchev–Trinajstić information content (AvgIpc) is 3.51. The van der Waals surface area contributed by atoms with Gasteiger partial charge < -0.3 is 28.8 Å². The molecule has 4 heterocycles. The Labute approximate surface area is 309 Å². The summed E-state index contributed by atoms with van der Waals surface area (Å²) in [6, 6.07) is 18.6. The fourth-order valence-electron chi connectivity index (χ4n) is 6.64. The lowest BCUT2D eigenvalue weighted by Crippen LogP contribution is -2.47. The number of carbonyl (C=O) groups excluding carboxylic acids is 1. The fraction of sp³-hybridized carbons (Fsp3) is 0.282. The molecule has 1 N–H and O–H groups in total. The van der Waals surface area contributed by atoms with E-state index in [1.54, 1.807) is 65.8 Å². The summed E-state index contributed by atoms with van der Waals surface area (Å²) in [4.78, 5) is 28.2. The standard InChI is InChI=1S/C39H40FN7O5S/c1-24-13-14-26-27(15-16-30(40)34(26)47(53(49)50)33-12-6-11-32-29(33)18-22-45(32)5)35(24)51-36-28(10-7-19-41-36)31-17-20-42-37(44-31)43-25-9-8-21-46(23-25)38(48)52-39(2,3)4/h6-7,10-20,22,25H,8-9,21,23H2,1-5H3,(H,49,50)(H,42,43,44)/p-1/t25-/m0/s1. The van der Waals surface area contributed by atoms with Gasteiger partial charge in [-0.1, -0.05) is 18.2 Å². The van der Waals surface area contributed by atoms with Crippen LogP contribution in [0.15, 0.2) is 85.3 Å². The van der Waals surface area contributed by atoms with Crippen LogP contribution >= 0.6 is 0 Å². The topological polar surface area (TPSA) is 138 Å². The minimum atomic E-state index is -2.88. The van der Waals surface area contributed by atoms with Gasteiger partial charge >= 0.3 is 6.09 Å². The van der Waals surface area contributed by atoms with E-state index in [2.05, 4.69) is 15.3 Å². The number of nitrogens with one attached hydrogen (secondary N) is 1. The van der Waals surface area contributed by atoms with E-state index in [0.717, 1.165) is 28.2 Å². The predicted molar refractivity (Wildman–Crippen MR) is 202 cm³/mol. The largest absolute Gasteiger partial charge is 0.755 e. The number of halogens is 1. The first-order valence-electron chi connectivity index (χ1n) is 17.2. The number of ether oxygens (including phenoxy) is 2. The Morgan fingerprint density at radius 1 is 1.02 bits per heavy atom. The first-order valence-corrected chi connectivity index (χ1v) is 18.3. The highest BCUT2D eigenvalue weighted by molar-refractivity contribution is 7.81. The summed E-state index contributed by atoms with van der Waals surface area (Å²) in [6.07, 6.45) is 6.34. The lowest BCUT2D eigenvalue weighted by molar-refractivity contribution is 0.0206. The molecular weight excluding hydrogens is 698 g/mol. The maximum absolute atomic E-state index is 15.9. The maximum atomic E-state index is 15.9. The van der Waals surface area contributed by atoms with E-state index in [9.17, 15) is 13.6 Å². The van der Waals surface area contributed by atoms with Crippen molar-refractivity contribution in [3.8, 4) is 22.9 Å². The van der Waals surface area contributed by atoms with Crippen LogP contribution in [-0.2, 0) is 23.1 Å². The van der Waals surface area contributed by atoms with Crippen LogP contribution in [0.4, 0.5) is 26.5 Å². The maximum Gasteiger partial charge on any atom is 0.410 e. The zero-order valence-corrected chi connectivity index (χ0v) is 30.8. The Morgan fingerprint density at radius 3 is 2.62 bits per heavy atom. The molecule has 0 bridgehead atoms. The van der Waals surface area contributed by atoms with Gasteiger partial charge in [-0.2, -0.15) is 0 Å². The second-order valence-corrected chi connectivity index (χ2v) is 14.8. The van der Waals surface area contributed by atoms with Crippen molar-refractivity contribution in [3.05, 3.63) is 96.7 Å². The molecule has 7 rings (SSSR count). The lowest BCUT2D eigenvalue weighted by atomic mass is 10.0. The molecule has 274 valence electrons. The van der Waals surface area contributed by atoms with E-state index in [1.165, 1.54) is 6.07 Å². The van der Waals surface area contributed by atoms with Crippen molar-refractivity contribution in [3.63, 3.8) is 0 Å². The highest BCUT2D eigenvalue weighted by Crippen LogP contribution is 2.44. The summed E-state index contributed by atoms with van der Waals surface area (Å²) >= 11 is -2.88. The van der Waals surface area contributed by atoms with Crippen molar-refractivity contribution in [1.82, 2.24) is 24.4 Å². The number of hydrogen-bond acceptors (Lipinski definition) is 9. The first-order chi connectivity index (χ1) is 25.4. The second kappa shape index (κ2) is 14.4. The van der Waals surface area contributed by atoms with E-state index in [4.69, 9.17) is 14.5 Å². The third-order valence-corrected chi connectivity index (χ3v) is 9.73. The van der Waals surface area contributed by atoms with E-state index >= 15 is 4.39 Å². The molecule has 0 aliphatic carbocycles. The van der Waals surface area contributed by atoms with E-state index < -0.39 is 22.7 Å². The third-order valence-electron chi connectivity index (χ3n) is 9.05. The van der Waals surface area contributed by atoms with Crippen LogP contribution in [0.1, 0.15) is 39.2 Å². The van der Waals surface area contributed by atoms with Gasteiger partial charge in [0.05, 0.1) is 33.9 Å². The summed E-state index contributed by atoms with van der Waals surface area (Å²) in [5.41, 5.74) is 2.24. The number of hydrogen-bond donors (Lipinski definition) is 1. The van der Waals surface area contributed by atoms with E-state index in [-0.39, 0.29) is 23.7 Å². The number of aromatic nitrogens is 4. The molecule has 1 fully saturated rings. The molecule has 0 radical (unpaired) electrons. The smallest absolute Gasteiger partial charge is 0.410 e. The summed E-state index contributed by atoms with van der Waals surface area (Å²) in [5.74, 6) is 0.297. The van der Waals surface area contributed by atoms with Crippen LogP contribution in [-0.4, -0.2) is 64.0 Å². The minimum Gasteiger partial charge on any atom is -0.755 e. The average molecular weight is 737 g/mol. The number of rotatable bonds is 8. The van der Waals surface area contributed by atoms with Crippen LogP contribution in [0, 0.1) is 12.7 Å². The van der Waals surface area contributed by atoms with Crippen LogP contribution in [0.25, 0.3) is 32.9 Å². The zero-order chi connectivity index (χ0) is 37.4. The zero-order valence-electron chi connectivity index (χ0n) is 30.0. The monoisotopic (exact) mass is 736 g/mol. The van der Waals surface area contributed by atoms with Crippen molar-refractivity contribution in [2.75, 3.05) is 22.7 Å². The summed E-state index contributed by atoms with van der Waals surface area (Å²) in [6.45, 7) is 8.45. The number of amides is 1. The molecule has 3 aromatic heterocycles. The van der Waals surface area contributed by atoms with Gasteiger partial charge in [-0.15, -0.1) is 0 Å². The number of piperidine rings is 1. The number of likely N-dealkylation sites (tertiary alicyclic amines) is 1. The van der Waals surface area contributed by atoms with Crippen molar-refractivity contribution in [2.45, 2.75) is 52.2 Å². The molecule has 3 aromatic carbocycles. The third kappa shape index (κ3) is 7.37. The molecule has 1 amide bonds. The van der Waals surface area contributed by atoms with Crippen molar-refractivity contribution >= 4 is 56.4 Å². The normalized spacial score (nSPS) is 15.4. The van der Waals surface area contributed by atoms with E-state index in [1.807, 2.05) is 57.6 Å². The molecule has 1 aliphatic rings. The molecular formula is C39H39FN7O5S-. The van der Waals surface area contributed by atoms with Gasteiger partial charge in [0.15, 0.2) is 0 Å². The highest BCUT2D eigenvalue weighted by atomic mass is 32.2. The van der Waals surface area contributed by atoms with Crippen molar-refractivity contribution in [1.29, 1.82) is 0 Å². The Morgan fingerprint density at radius 2 is 1.83 bits per heavy atom. The molecule has 14 heteroatoms. The second-order valence-electron chi connectivity index (χ2n) is 14.0. The van der Waals surface area contributed by atoms with Crippen LogP contribution in [0.5, 0.6) is 11.6 Å². The molecule has 6 aromatic rings. The number of anilines is 3. The Balaban J connectivity index is 1.21. The van der Waals surface area contributed by atoms with Gasteiger partial charge in [0, 0.05) is 66.4 Å². The van der Waals surface area contributed by atoms with Gasteiger partial charge in [-0.3, -0.25) is 8.51 Å². The Bertz CT molecular complexity index is 2360. The number of aryl methyl sites for hydroxylation is 2. The molecule has 0 saturated carbocycles. The summed E-state index contributed by atoms with van der Waals surface area (Å²) < 4.78 is 56.7. The van der Waals surface area contributed by atoms with Crippen LogP contribution in [0.2, 0.25) is 0 Å². The van der Waals surface area contributed by atoms with Gasteiger partial charge in [0.2, 0.25) is 11.8 Å². The number of benzene rings is 3. The predicted octanol–water partition coefficient (Wildman–Crippen LogP) is 8.17. The Kier molecular flexibility index (Phi) is 9.75. The molecule has 2 atom stereocenters. The SMILES string of the molecule is Cc1ccc2c(N(c3cccc4c3ccn4C)S(=O)[O-])c(F)ccc2c1Oc1ncccc1-c1ccnc(N[C@H]2CCCN(C(=O)OC(C)(C)C)C2)n1. The lowest BCUT2D eigenvalue weighted by Gasteiger charge is -2.34. The summed E-state index contributed by atoms with van der Waals surface area (Å²) in [5, 5.41) is 4.85. The summed E-state index contributed by atoms with van der Waals surface area (Å²) in [7, 11) is 1.86. The van der Waals surface area contributed by atoms with Gasteiger partial charge in [0.1, 0.15) is 17.2 Å². The Hall–Kier alpha value is -5.60. The van der Waals surface area contributed by atoms with Gasteiger partial charge in [-0.25, -0.2) is 24.1 Å². The van der Waals surface area contributed by atoms with E-state index in [0.29, 0.717) is 57.9 Å². The number of carbonyl (C=O) groups is 1. The van der Waals surface area contributed by atoms with Crippen LogP contribution < -0.4 is 14.4 Å². The first kappa shape index (κ1) is 35.8. The van der Waals surface area contributed by atoms with Gasteiger partial charge in [-0.05, 0) is 94.6 Å². The quantitative estimate of drug-likeness (QED) is 0.153. The van der Waals surface area contributed by atoms with Crippen LogP contribution in [0.3, 0.4) is 0 Å². The number of fused-ring (bicyclic) bond motifs is 2.